The normalized spacial score (nSPS) is 10.9. The number of hydrogen-bond donors (Lipinski definition) is 0. The highest BCUT2D eigenvalue weighted by molar-refractivity contribution is 7.95. The molecule has 0 fully saturated rings. The Hall–Kier alpha value is -0.560. The first kappa shape index (κ1) is 10.4. The molecule has 0 heterocycles. The Balaban J connectivity index is 3.50. The second kappa shape index (κ2) is 5.14. The maximum Gasteiger partial charge on any atom is 0.241 e. The molecule has 0 aromatic heterocycles. The van der Waals surface area contributed by atoms with Crippen LogP contribution in [0.15, 0.2) is 0 Å². The summed E-state index contributed by atoms with van der Waals surface area (Å²) in [5.74, 6) is 0.0174. The monoisotopic (exact) mass is 175 g/mol. The van der Waals surface area contributed by atoms with E-state index in [0.29, 0.717) is 6.42 Å². The minimum Gasteiger partial charge on any atom is -0.213 e. The minimum absolute atomic E-state index is 0.0174. The minimum atomic E-state index is -3.39. The molecule has 0 radical (unpaired) electrons. The molecule has 0 saturated carbocycles. The number of nitriles is 1. The fourth-order valence-corrected chi connectivity index (χ4v) is 1.44. The lowest BCUT2D eigenvalue weighted by Crippen LogP contribution is -2.01. The van der Waals surface area contributed by atoms with Crippen LogP contribution in [0.4, 0.5) is 0 Å². The first-order chi connectivity index (χ1) is 5.12. The Kier molecular flexibility index (Phi) is 4.88. The van der Waals surface area contributed by atoms with Crippen molar-refractivity contribution in [1.82, 2.24) is 0 Å². The van der Waals surface area contributed by atoms with Crippen molar-refractivity contribution in [1.29, 1.82) is 5.26 Å². The summed E-state index contributed by atoms with van der Waals surface area (Å²) in [6.45, 7) is 2.05. The van der Waals surface area contributed by atoms with Gasteiger partial charge < -0.3 is 0 Å². The van der Waals surface area contributed by atoms with Gasteiger partial charge in [0, 0.05) is 0 Å². The van der Waals surface area contributed by atoms with E-state index in [9.17, 15) is 8.42 Å². The fraction of sp³-hybridized carbons (Fsp3) is 0.857. The average Bonchev–Trinajstić information content (AvgIpc) is 1.99. The highest BCUT2D eigenvalue weighted by Crippen LogP contribution is 2.01. The van der Waals surface area contributed by atoms with Crippen molar-refractivity contribution in [2.24, 2.45) is 0 Å². The predicted molar refractivity (Wildman–Crippen MR) is 43.5 cm³/mol. The molecule has 0 aliphatic carbocycles. The largest absolute Gasteiger partial charge is 0.241 e. The molecule has 0 saturated heterocycles. The molecule has 0 unspecified atom stereocenters. The van der Waals surface area contributed by atoms with Crippen LogP contribution < -0.4 is 0 Å². The van der Waals surface area contributed by atoms with Crippen LogP contribution in [0.1, 0.15) is 32.6 Å². The number of nitrogens with zero attached hydrogens (tertiary/aromatic N) is 1. The van der Waals surface area contributed by atoms with Gasteiger partial charge in [-0.1, -0.05) is 26.2 Å². The van der Waals surface area contributed by atoms with Crippen molar-refractivity contribution < 1.29 is 8.42 Å². The van der Waals surface area contributed by atoms with Crippen LogP contribution in [0.25, 0.3) is 0 Å². The lowest BCUT2D eigenvalue weighted by molar-refractivity contribution is 0.598. The summed E-state index contributed by atoms with van der Waals surface area (Å²) in [4.78, 5) is 0. The molecule has 0 aromatic carbocycles. The van der Waals surface area contributed by atoms with Gasteiger partial charge in [0.05, 0.1) is 5.75 Å². The van der Waals surface area contributed by atoms with Crippen LogP contribution in [-0.2, 0) is 9.84 Å². The standard InChI is InChI=1S/C7H13NO2S/c1-2-3-4-5-6-11(9,10)7-8/h2-6H2,1H3. The zero-order valence-corrected chi connectivity index (χ0v) is 7.52. The molecule has 0 atom stereocenters. The molecule has 4 heteroatoms. The zero-order chi connectivity index (χ0) is 8.74. The molecule has 0 aliphatic rings. The van der Waals surface area contributed by atoms with E-state index in [0.717, 1.165) is 19.3 Å². The lowest BCUT2D eigenvalue weighted by atomic mass is 10.2. The third-order valence-electron chi connectivity index (χ3n) is 1.41. The Morgan fingerprint density at radius 3 is 2.36 bits per heavy atom. The van der Waals surface area contributed by atoms with Gasteiger partial charge in [-0.15, -0.1) is 0 Å². The average molecular weight is 175 g/mol. The Labute approximate surface area is 67.9 Å². The van der Waals surface area contributed by atoms with Crippen LogP contribution in [0.5, 0.6) is 0 Å². The summed E-state index contributed by atoms with van der Waals surface area (Å²) in [5, 5.41) is 9.40. The second-order valence-electron chi connectivity index (χ2n) is 2.47. The van der Waals surface area contributed by atoms with E-state index in [1.807, 2.05) is 0 Å². The summed E-state index contributed by atoms with van der Waals surface area (Å²) >= 11 is 0. The van der Waals surface area contributed by atoms with E-state index in [-0.39, 0.29) is 5.75 Å². The number of thiocyanates is 1. The fourth-order valence-electron chi connectivity index (χ4n) is 0.765. The van der Waals surface area contributed by atoms with Crippen molar-refractivity contribution >= 4 is 9.84 Å². The van der Waals surface area contributed by atoms with Crippen LogP contribution in [-0.4, -0.2) is 14.2 Å². The molecule has 0 aliphatic heterocycles. The highest BCUT2D eigenvalue weighted by Gasteiger charge is 2.06. The van der Waals surface area contributed by atoms with E-state index >= 15 is 0 Å². The van der Waals surface area contributed by atoms with E-state index in [1.165, 1.54) is 5.40 Å². The molecule has 0 rings (SSSR count). The highest BCUT2D eigenvalue weighted by atomic mass is 32.2. The number of hydrogen-bond acceptors (Lipinski definition) is 3. The van der Waals surface area contributed by atoms with Crippen LogP contribution >= 0.6 is 0 Å². The predicted octanol–water partition coefficient (Wildman–Crippen LogP) is 1.46. The number of rotatable bonds is 5. The third-order valence-corrected chi connectivity index (χ3v) is 2.51. The van der Waals surface area contributed by atoms with Crippen LogP contribution in [0.3, 0.4) is 0 Å². The number of sulfone groups is 1. The van der Waals surface area contributed by atoms with E-state index in [4.69, 9.17) is 5.26 Å². The van der Waals surface area contributed by atoms with Gasteiger partial charge in [-0.2, -0.15) is 5.26 Å². The smallest absolute Gasteiger partial charge is 0.213 e. The summed E-state index contributed by atoms with van der Waals surface area (Å²) in [5.41, 5.74) is 0. The van der Waals surface area contributed by atoms with Gasteiger partial charge in [-0.05, 0) is 6.42 Å². The van der Waals surface area contributed by atoms with Gasteiger partial charge >= 0.3 is 0 Å². The Morgan fingerprint density at radius 2 is 1.91 bits per heavy atom. The molecule has 0 aromatic rings. The summed E-state index contributed by atoms with van der Waals surface area (Å²) in [6.07, 6.45) is 3.63. The van der Waals surface area contributed by atoms with Gasteiger partial charge in [0.1, 0.15) is 0 Å². The SMILES string of the molecule is CCCCCCS(=O)(=O)C#N. The summed E-state index contributed by atoms with van der Waals surface area (Å²) in [6, 6.07) is 0. The van der Waals surface area contributed by atoms with Crippen molar-refractivity contribution in [3.8, 4) is 5.40 Å². The molecule has 0 N–H and O–H groups in total. The quantitative estimate of drug-likeness (QED) is 0.361. The van der Waals surface area contributed by atoms with Gasteiger partial charge in [-0.25, -0.2) is 8.42 Å². The summed E-state index contributed by atoms with van der Waals surface area (Å²) in [7, 11) is -3.39. The van der Waals surface area contributed by atoms with Crippen molar-refractivity contribution in [2.45, 2.75) is 32.6 Å². The van der Waals surface area contributed by atoms with E-state index in [2.05, 4.69) is 6.92 Å². The van der Waals surface area contributed by atoms with Gasteiger partial charge in [0.2, 0.25) is 9.84 Å². The lowest BCUT2D eigenvalue weighted by Gasteiger charge is -1.94. The first-order valence-electron chi connectivity index (χ1n) is 3.76. The molecule has 0 spiro atoms. The zero-order valence-electron chi connectivity index (χ0n) is 6.71. The second-order valence-corrected chi connectivity index (χ2v) is 4.29. The maximum absolute atomic E-state index is 10.6. The third kappa shape index (κ3) is 5.86. The van der Waals surface area contributed by atoms with Crippen molar-refractivity contribution in [3.63, 3.8) is 0 Å². The van der Waals surface area contributed by atoms with Gasteiger partial charge in [0.25, 0.3) is 0 Å². The van der Waals surface area contributed by atoms with Crippen LogP contribution in [0, 0.1) is 10.7 Å². The summed E-state index contributed by atoms with van der Waals surface area (Å²) < 4.78 is 21.2. The maximum atomic E-state index is 10.6. The molecule has 0 amide bonds. The number of unbranched alkanes of at least 4 members (excludes halogenated alkanes) is 3. The molecular weight excluding hydrogens is 162 g/mol. The van der Waals surface area contributed by atoms with Gasteiger partial charge in [-0.3, -0.25) is 0 Å². The topological polar surface area (TPSA) is 57.9 Å². The Morgan fingerprint density at radius 1 is 1.27 bits per heavy atom. The van der Waals surface area contributed by atoms with Gasteiger partial charge in [0.15, 0.2) is 5.40 Å². The Bertz CT molecular complexity index is 225. The van der Waals surface area contributed by atoms with E-state index < -0.39 is 9.84 Å². The molecular formula is C7H13NO2S. The molecule has 64 valence electrons. The molecule has 3 nitrogen and oxygen atoms in total. The van der Waals surface area contributed by atoms with Crippen LogP contribution in [0.2, 0.25) is 0 Å². The van der Waals surface area contributed by atoms with Crippen molar-refractivity contribution in [2.75, 3.05) is 5.75 Å². The van der Waals surface area contributed by atoms with E-state index in [1.54, 1.807) is 0 Å². The first-order valence-corrected chi connectivity index (χ1v) is 5.41. The molecule has 11 heavy (non-hydrogen) atoms. The van der Waals surface area contributed by atoms with Crippen molar-refractivity contribution in [3.05, 3.63) is 0 Å². The molecule has 0 bridgehead atoms.